The molecule has 0 amide bonds. The third-order valence-electron chi connectivity index (χ3n) is 5.34. The van der Waals surface area contributed by atoms with E-state index in [1.54, 1.807) is 0 Å². The minimum absolute atomic E-state index is 0.475. The van der Waals surface area contributed by atoms with Crippen LogP contribution in [0.4, 0.5) is 10.5 Å². The molecule has 0 N–H and O–H groups in total. The first-order valence-corrected chi connectivity index (χ1v) is 10.4. The van der Waals surface area contributed by atoms with Crippen LogP contribution in [-0.2, 0) is 4.74 Å². The van der Waals surface area contributed by atoms with Crippen molar-refractivity contribution in [3.63, 3.8) is 0 Å². The number of nitrogens with zero attached hydrogens (tertiary/aromatic N) is 1. The third kappa shape index (κ3) is 5.41. The van der Waals surface area contributed by atoms with E-state index in [9.17, 15) is 4.79 Å². The SMILES string of the molecule is CCN(c1cccc(Cl)c1)C(C)OC(=O)Oc1ccc(C2CCCCC2)cc1. The fourth-order valence-corrected chi connectivity index (χ4v) is 4.06. The van der Waals surface area contributed by atoms with Gasteiger partial charge in [0.25, 0.3) is 0 Å². The first-order valence-electron chi connectivity index (χ1n) is 10.1. The summed E-state index contributed by atoms with van der Waals surface area (Å²) in [5.41, 5.74) is 2.22. The number of hydrogen-bond donors (Lipinski definition) is 0. The Hall–Kier alpha value is -2.20. The monoisotopic (exact) mass is 401 g/mol. The summed E-state index contributed by atoms with van der Waals surface area (Å²) in [4.78, 5) is 14.2. The molecule has 1 saturated carbocycles. The van der Waals surface area contributed by atoms with Gasteiger partial charge in [-0.05, 0) is 68.5 Å². The van der Waals surface area contributed by atoms with Crippen LogP contribution in [0.2, 0.25) is 5.02 Å². The van der Waals surface area contributed by atoms with Gasteiger partial charge in [0.15, 0.2) is 6.23 Å². The molecule has 0 spiro atoms. The van der Waals surface area contributed by atoms with Crippen molar-refractivity contribution in [2.45, 2.75) is 58.1 Å². The van der Waals surface area contributed by atoms with Gasteiger partial charge in [-0.25, -0.2) is 4.79 Å². The fourth-order valence-electron chi connectivity index (χ4n) is 3.87. The zero-order chi connectivity index (χ0) is 19.9. The molecule has 0 aromatic heterocycles. The molecule has 28 heavy (non-hydrogen) atoms. The van der Waals surface area contributed by atoms with Crippen LogP contribution in [0.5, 0.6) is 5.75 Å². The molecule has 0 bridgehead atoms. The number of carbonyl (C=O) groups excluding carboxylic acids is 1. The van der Waals surface area contributed by atoms with Gasteiger partial charge in [-0.3, -0.25) is 0 Å². The zero-order valence-corrected chi connectivity index (χ0v) is 17.3. The number of anilines is 1. The molecule has 1 unspecified atom stereocenters. The van der Waals surface area contributed by atoms with E-state index in [1.165, 1.54) is 37.7 Å². The van der Waals surface area contributed by atoms with E-state index in [-0.39, 0.29) is 0 Å². The summed E-state index contributed by atoms with van der Waals surface area (Å²) in [6.07, 6.45) is 5.25. The highest BCUT2D eigenvalue weighted by atomic mass is 35.5. The molecule has 1 fully saturated rings. The second-order valence-corrected chi connectivity index (χ2v) is 7.68. The lowest BCUT2D eigenvalue weighted by Gasteiger charge is -2.29. The Labute approximate surface area is 172 Å². The number of benzene rings is 2. The van der Waals surface area contributed by atoms with Gasteiger partial charge in [0.05, 0.1) is 0 Å². The smallest absolute Gasteiger partial charge is 0.410 e. The lowest BCUT2D eigenvalue weighted by molar-refractivity contribution is 0.0645. The van der Waals surface area contributed by atoms with Gasteiger partial charge in [-0.2, -0.15) is 0 Å². The van der Waals surface area contributed by atoms with Crippen LogP contribution in [0.1, 0.15) is 57.4 Å². The highest BCUT2D eigenvalue weighted by molar-refractivity contribution is 6.30. The summed E-state index contributed by atoms with van der Waals surface area (Å²) in [6, 6.07) is 15.3. The van der Waals surface area contributed by atoms with Crippen molar-refractivity contribution >= 4 is 23.4 Å². The predicted molar refractivity (Wildman–Crippen MR) is 113 cm³/mol. The average Bonchev–Trinajstić information content (AvgIpc) is 2.70. The second-order valence-electron chi connectivity index (χ2n) is 7.24. The number of ether oxygens (including phenoxy) is 2. The lowest BCUT2D eigenvalue weighted by atomic mass is 9.84. The van der Waals surface area contributed by atoms with Crippen LogP contribution in [0.25, 0.3) is 0 Å². The van der Waals surface area contributed by atoms with Crippen molar-refractivity contribution in [3.8, 4) is 5.75 Å². The van der Waals surface area contributed by atoms with E-state index >= 15 is 0 Å². The van der Waals surface area contributed by atoms with Gasteiger partial charge in [-0.1, -0.05) is 49.1 Å². The molecule has 0 radical (unpaired) electrons. The molecule has 1 aliphatic rings. The molecule has 1 aliphatic carbocycles. The topological polar surface area (TPSA) is 38.8 Å². The van der Waals surface area contributed by atoms with Crippen molar-refractivity contribution in [3.05, 3.63) is 59.1 Å². The first kappa shape index (κ1) is 20.5. The summed E-state index contributed by atoms with van der Waals surface area (Å²) in [7, 11) is 0. The van der Waals surface area contributed by atoms with Crippen LogP contribution < -0.4 is 9.64 Å². The Morgan fingerprint density at radius 3 is 2.50 bits per heavy atom. The molecule has 0 saturated heterocycles. The summed E-state index contributed by atoms with van der Waals surface area (Å²) in [5, 5.41) is 0.642. The number of carbonyl (C=O) groups is 1. The fraction of sp³-hybridized carbons (Fsp3) is 0.435. The standard InChI is InChI=1S/C23H28ClNO3/c1-3-25(21-11-7-10-20(24)16-21)17(2)27-23(26)28-22-14-12-19(13-15-22)18-8-5-4-6-9-18/h7,10-18H,3-6,8-9H2,1-2H3. The van der Waals surface area contributed by atoms with Crippen molar-refractivity contribution in [1.82, 2.24) is 0 Å². The molecule has 0 aliphatic heterocycles. The lowest BCUT2D eigenvalue weighted by Crippen LogP contribution is -2.37. The maximum Gasteiger partial charge on any atom is 0.515 e. The van der Waals surface area contributed by atoms with Crippen LogP contribution in [0.15, 0.2) is 48.5 Å². The molecular weight excluding hydrogens is 374 g/mol. The van der Waals surface area contributed by atoms with E-state index in [4.69, 9.17) is 21.1 Å². The van der Waals surface area contributed by atoms with Crippen molar-refractivity contribution < 1.29 is 14.3 Å². The van der Waals surface area contributed by atoms with E-state index < -0.39 is 12.4 Å². The van der Waals surface area contributed by atoms with E-state index in [1.807, 2.05) is 55.1 Å². The number of halogens is 1. The van der Waals surface area contributed by atoms with E-state index in [0.717, 1.165) is 5.69 Å². The molecule has 150 valence electrons. The Morgan fingerprint density at radius 2 is 1.86 bits per heavy atom. The third-order valence-corrected chi connectivity index (χ3v) is 5.58. The number of hydrogen-bond acceptors (Lipinski definition) is 4. The number of rotatable bonds is 6. The van der Waals surface area contributed by atoms with Gasteiger partial charge in [0.2, 0.25) is 0 Å². The summed E-state index contributed by atoms with van der Waals surface area (Å²) in [5.74, 6) is 1.13. The van der Waals surface area contributed by atoms with E-state index in [0.29, 0.717) is 23.2 Å². The Balaban J connectivity index is 1.56. The minimum atomic E-state index is -0.710. The van der Waals surface area contributed by atoms with Gasteiger partial charge in [0, 0.05) is 17.3 Å². The average molecular weight is 402 g/mol. The second kappa shape index (κ2) is 9.83. The van der Waals surface area contributed by atoms with Crippen LogP contribution in [0, 0.1) is 0 Å². The summed E-state index contributed by atoms with van der Waals surface area (Å²) < 4.78 is 10.8. The van der Waals surface area contributed by atoms with Gasteiger partial charge >= 0.3 is 6.16 Å². The van der Waals surface area contributed by atoms with Gasteiger partial charge in [0.1, 0.15) is 5.75 Å². The first-order chi connectivity index (χ1) is 13.6. The van der Waals surface area contributed by atoms with Crippen LogP contribution >= 0.6 is 11.6 Å². The maximum absolute atomic E-state index is 12.2. The molecule has 2 aromatic rings. The highest BCUT2D eigenvalue weighted by Crippen LogP contribution is 2.33. The molecule has 1 atom stereocenters. The predicted octanol–water partition coefficient (Wildman–Crippen LogP) is 6.78. The molecule has 5 heteroatoms. The Bertz CT molecular complexity index is 772. The van der Waals surface area contributed by atoms with Crippen molar-refractivity contribution in [2.24, 2.45) is 0 Å². The Morgan fingerprint density at radius 1 is 1.14 bits per heavy atom. The summed E-state index contributed by atoms with van der Waals surface area (Å²) in [6.45, 7) is 4.48. The van der Waals surface area contributed by atoms with E-state index in [2.05, 4.69) is 12.1 Å². The minimum Gasteiger partial charge on any atom is -0.410 e. The van der Waals surface area contributed by atoms with Crippen molar-refractivity contribution in [1.29, 1.82) is 0 Å². The van der Waals surface area contributed by atoms with Gasteiger partial charge < -0.3 is 14.4 Å². The van der Waals surface area contributed by atoms with Crippen LogP contribution in [0.3, 0.4) is 0 Å². The van der Waals surface area contributed by atoms with Crippen LogP contribution in [-0.4, -0.2) is 18.9 Å². The molecule has 4 nitrogen and oxygen atoms in total. The molecule has 2 aromatic carbocycles. The quantitative estimate of drug-likeness (QED) is 0.304. The molecule has 3 rings (SSSR count). The normalized spacial score (nSPS) is 15.7. The Kier molecular flexibility index (Phi) is 7.21. The maximum atomic E-state index is 12.2. The molecular formula is C23H28ClNO3. The molecule has 0 heterocycles. The largest absolute Gasteiger partial charge is 0.515 e. The van der Waals surface area contributed by atoms with Gasteiger partial charge in [-0.15, -0.1) is 0 Å². The highest BCUT2D eigenvalue weighted by Gasteiger charge is 2.19. The summed E-state index contributed by atoms with van der Waals surface area (Å²) >= 11 is 6.07. The van der Waals surface area contributed by atoms with Crippen molar-refractivity contribution in [2.75, 3.05) is 11.4 Å². The zero-order valence-electron chi connectivity index (χ0n) is 16.6.